The number of carbonyl (C=O) groups excluding carboxylic acids is 1. The van der Waals surface area contributed by atoms with E-state index < -0.39 is 0 Å². The van der Waals surface area contributed by atoms with Crippen molar-refractivity contribution in [2.24, 2.45) is 0 Å². The van der Waals surface area contributed by atoms with Gasteiger partial charge in [-0.3, -0.25) is 4.79 Å². The second-order valence-electron chi connectivity index (χ2n) is 8.05. The summed E-state index contributed by atoms with van der Waals surface area (Å²) >= 11 is 0. The lowest BCUT2D eigenvalue weighted by Crippen LogP contribution is -2.25. The van der Waals surface area contributed by atoms with Crippen molar-refractivity contribution in [1.82, 2.24) is 29.6 Å². The van der Waals surface area contributed by atoms with Crippen LogP contribution in [0.1, 0.15) is 36.1 Å². The zero-order valence-electron chi connectivity index (χ0n) is 18.6. The Morgan fingerprint density at radius 3 is 2.88 bits per heavy atom. The number of nitrogens with one attached hydrogen (secondary N) is 1. The minimum atomic E-state index is -0.190. The summed E-state index contributed by atoms with van der Waals surface area (Å²) in [6.07, 6.45) is 1.82. The molecule has 1 aliphatic heterocycles. The monoisotopic (exact) mass is 445 g/mol. The van der Waals surface area contributed by atoms with E-state index in [0.717, 1.165) is 22.4 Å². The summed E-state index contributed by atoms with van der Waals surface area (Å²) in [6, 6.07) is 9.34. The molecule has 1 N–H and O–H groups in total. The van der Waals surface area contributed by atoms with E-state index in [-0.39, 0.29) is 11.8 Å². The van der Waals surface area contributed by atoms with Gasteiger partial charge < -0.3 is 14.8 Å². The van der Waals surface area contributed by atoms with Gasteiger partial charge in [-0.15, -0.1) is 15.3 Å². The van der Waals surface area contributed by atoms with Gasteiger partial charge in [0.25, 0.3) is 0 Å². The van der Waals surface area contributed by atoms with Crippen LogP contribution in [0.25, 0.3) is 11.5 Å². The lowest BCUT2D eigenvalue weighted by Gasteiger charge is -2.25. The minimum absolute atomic E-state index is 0.0967. The number of carbonyl (C=O) groups is 1. The van der Waals surface area contributed by atoms with Crippen LogP contribution in [0.15, 0.2) is 48.8 Å². The molecule has 0 aliphatic carbocycles. The molecule has 0 saturated heterocycles. The van der Waals surface area contributed by atoms with E-state index in [1.165, 1.54) is 6.33 Å². The van der Waals surface area contributed by atoms with Crippen LogP contribution in [0.2, 0.25) is 0 Å². The number of hydrogen-bond donors (Lipinski definition) is 1. The number of methoxy groups -OCH3 is 1. The van der Waals surface area contributed by atoms with E-state index in [9.17, 15) is 4.79 Å². The molecule has 168 valence electrons. The molecule has 3 aromatic heterocycles. The number of benzene rings is 1. The lowest BCUT2D eigenvalue weighted by molar-refractivity contribution is -0.116. The zero-order chi connectivity index (χ0) is 23.1. The molecule has 0 bridgehead atoms. The van der Waals surface area contributed by atoms with Gasteiger partial charge in [0.2, 0.25) is 5.91 Å². The van der Waals surface area contributed by atoms with E-state index in [0.29, 0.717) is 41.8 Å². The Morgan fingerprint density at radius 2 is 2.09 bits per heavy atom. The number of rotatable bonds is 6. The Kier molecular flexibility index (Phi) is 5.04. The first kappa shape index (κ1) is 20.7. The molecular weight excluding hydrogens is 422 g/mol. The molecule has 0 radical (unpaired) electrons. The Morgan fingerprint density at radius 1 is 1.24 bits per heavy atom. The molecule has 33 heavy (non-hydrogen) atoms. The number of hydrogen-bond acceptors (Lipinski definition) is 7. The van der Waals surface area contributed by atoms with Crippen molar-refractivity contribution < 1.29 is 14.3 Å². The molecule has 1 unspecified atom stereocenters. The third kappa shape index (κ3) is 3.69. The summed E-state index contributed by atoms with van der Waals surface area (Å²) in [6.45, 7) is 8.10. The van der Waals surface area contributed by atoms with Crippen molar-refractivity contribution in [3.05, 3.63) is 65.6 Å². The highest BCUT2D eigenvalue weighted by Gasteiger charge is 2.33. The minimum Gasteiger partial charge on any atom is -0.493 e. The SMILES string of the molecule is C=C(C)COc1ccc(C2CC(=O)Nc3c2c(C)nn3-c2ccc3nncn3n2)cc1OC. The number of aryl methyl sites for hydroxylation is 1. The first-order chi connectivity index (χ1) is 15.9. The molecule has 5 rings (SSSR count). The summed E-state index contributed by atoms with van der Waals surface area (Å²) in [5.74, 6) is 2.10. The molecular formula is C23H23N7O3. The second kappa shape index (κ2) is 8.05. The molecule has 0 spiro atoms. The standard InChI is InChI=1S/C23H23N7O3/c1-13(2)11-33-17-6-5-15(9-18(17)32-4)16-10-21(31)25-23-22(16)14(3)27-30(23)20-8-7-19-26-24-12-29(19)28-20/h5-9,12,16H,1,10-11H2,2-4H3,(H,25,31). The van der Waals surface area contributed by atoms with Crippen molar-refractivity contribution in [2.75, 3.05) is 19.0 Å². The molecule has 1 atom stereocenters. The molecule has 0 saturated carbocycles. The fraction of sp³-hybridized carbons (Fsp3) is 0.261. The van der Waals surface area contributed by atoms with Gasteiger partial charge in [0.05, 0.1) is 12.8 Å². The number of fused-ring (bicyclic) bond motifs is 2. The van der Waals surface area contributed by atoms with E-state index in [4.69, 9.17) is 14.6 Å². The largest absolute Gasteiger partial charge is 0.493 e. The predicted molar refractivity (Wildman–Crippen MR) is 121 cm³/mol. The average molecular weight is 445 g/mol. The Balaban J connectivity index is 1.57. The third-order valence-corrected chi connectivity index (χ3v) is 5.53. The normalized spacial score (nSPS) is 15.2. The van der Waals surface area contributed by atoms with Crippen molar-refractivity contribution in [2.45, 2.75) is 26.2 Å². The van der Waals surface area contributed by atoms with Gasteiger partial charge in [-0.05, 0) is 49.2 Å². The van der Waals surface area contributed by atoms with E-state index in [2.05, 4.69) is 27.2 Å². The molecule has 0 fully saturated rings. The maximum atomic E-state index is 12.7. The van der Waals surface area contributed by atoms with Crippen LogP contribution in [0.3, 0.4) is 0 Å². The highest BCUT2D eigenvalue weighted by Crippen LogP contribution is 2.42. The Bertz CT molecular complexity index is 1390. The lowest BCUT2D eigenvalue weighted by atomic mass is 9.85. The predicted octanol–water partition coefficient (Wildman–Crippen LogP) is 3.06. The first-order valence-electron chi connectivity index (χ1n) is 10.5. The topological polar surface area (TPSA) is 108 Å². The van der Waals surface area contributed by atoms with Gasteiger partial charge in [0, 0.05) is 17.9 Å². The second-order valence-corrected chi connectivity index (χ2v) is 8.05. The van der Waals surface area contributed by atoms with E-state index in [1.54, 1.807) is 28.4 Å². The number of aromatic nitrogens is 6. The molecule has 4 aromatic rings. The first-order valence-corrected chi connectivity index (χ1v) is 10.5. The average Bonchev–Trinajstić information content (AvgIpc) is 3.40. The number of ether oxygens (including phenoxy) is 2. The number of anilines is 1. The van der Waals surface area contributed by atoms with Crippen molar-refractivity contribution in [3.8, 4) is 17.3 Å². The summed E-state index contributed by atoms with van der Waals surface area (Å²) in [4.78, 5) is 12.7. The van der Waals surface area contributed by atoms with Gasteiger partial charge in [-0.1, -0.05) is 12.6 Å². The van der Waals surface area contributed by atoms with Crippen LogP contribution in [0.4, 0.5) is 5.82 Å². The molecule has 1 amide bonds. The maximum Gasteiger partial charge on any atom is 0.226 e. The van der Waals surface area contributed by atoms with E-state index in [1.807, 2.05) is 32.0 Å². The number of amides is 1. The Hall–Kier alpha value is -4.21. The van der Waals surface area contributed by atoms with Gasteiger partial charge in [-0.2, -0.15) is 14.3 Å². The van der Waals surface area contributed by atoms with Crippen LogP contribution in [0, 0.1) is 6.92 Å². The fourth-order valence-corrected chi connectivity index (χ4v) is 4.05. The Labute approximate surface area is 189 Å². The van der Waals surface area contributed by atoms with Crippen LogP contribution < -0.4 is 14.8 Å². The van der Waals surface area contributed by atoms with Crippen LogP contribution in [0.5, 0.6) is 11.5 Å². The molecule has 10 nitrogen and oxygen atoms in total. The van der Waals surface area contributed by atoms with Crippen molar-refractivity contribution >= 4 is 17.4 Å². The quantitative estimate of drug-likeness (QED) is 0.454. The van der Waals surface area contributed by atoms with Gasteiger partial charge in [0.15, 0.2) is 23.0 Å². The van der Waals surface area contributed by atoms with Gasteiger partial charge in [0.1, 0.15) is 18.8 Å². The maximum absolute atomic E-state index is 12.7. The van der Waals surface area contributed by atoms with Crippen LogP contribution >= 0.6 is 0 Å². The molecule has 1 aliphatic rings. The molecule has 1 aromatic carbocycles. The fourth-order valence-electron chi connectivity index (χ4n) is 4.05. The number of nitrogens with zero attached hydrogens (tertiary/aromatic N) is 6. The third-order valence-electron chi connectivity index (χ3n) is 5.53. The molecule has 10 heteroatoms. The highest BCUT2D eigenvalue weighted by molar-refractivity contribution is 5.95. The summed E-state index contributed by atoms with van der Waals surface area (Å²) in [5.41, 5.74) is 4.23. The summed E-state index contributed by atoms with van der Waals surface area (Å²) in [7, 11) is 1.60. The van der Waals surface area contributed by atoms with Gasteiger partial charge >= 0.3 is 0 Å². The van der Waals surface area contributed by atoms with E-state index >= 15 is 0 Å². The smallest absolute Gasteiger partial charge is 0.226 e. The summed E-state index contributed by atoms with van der Waals surface area (Å²) in [5, 5.41) is 20.0. The van der Waals surface area contributed by atoms with Crippen molar-refractivity contribution in [3.63, 3.8) is 0 Å². The van der Waals surface area contributed by atoms with Crippen LogP contribution in [-0.2, 0) is 4.79 Å². The van der Waals surface area contributed by atoms with Gasteiger partial charge in [-0.25, -0.2) is 0 Å². The molecule has 4 heterocycles. The zero-order valence-corrected chi connectivity index (χ0v) is 18.6. The van der Waals surface area contributed by atoms with Crippen molar-refractivity contribution in [1.29, 1.82) is 0 Å². The highest BCUT2D eigenvalue weighted by atomic mass is 16.5. The van der Waals surface area contributed by atoms with Crippen LogP contribution in [-0.4, -0.2) is 49.2 Å². The summed E-state index contributed by atoms with van der Waals surface area (Å²) < 4.78 is 14.6.